The Balaban J connectivity index is 1.49. The second-order valence-corrected chi connectivity index (χ2v) is 7.46. The summed E-state index contributed by atoms with van der Waals surface area (Å²) >= 11 is 1.96. The first kappa shape index (κ1) is 20.3. The van der Waals surface area contributed by atoms with Gasteiger partial charge in [0.1, 0.15) is 0 Å². The van der Waals surface area contributed by atoms with E-state index in [0.717, 1.165) is 30.2 Å². The molecule has 150 valence electrons. The van der Waals surface area contributed by atoms with Crippen LogP contribution in [0, 0.1) is 0 Å². The van der Waals surface area contributed by atoms with Crippen LogP contribution in [0.3, 0.4) is 0 Å². The van der Waals surface area contributed by atoms with Crippen molar-refractivity contribution in [3.05, 3.63) is 53.7 Å². The molecular weight excluding hydrogens is 391 g/mol. The van der Waals surface area contributed by atoms with Gasteiger partial charge in [-0.1, -0.05) is 12.1 Å². The van der Waals surface area contributed by atoms with Crippen molar-refractivity contribution < 1.29 is 22.7 Å². The maximum absolute atomic E-state index is 12.2. The number of hydrogen-bond acceptors (Lipinski definition) is 5. The van der Waals surface area contributed by atoms with Crippen LogP contribution in [-0.2, 0) is 6.54 Å². The Morgan fingerprint density at radius 1 is 1.14 bits per heavy atom. The number of hydrogen-bond donors (Lipinski definition) is 1. The molecule has 1 amide bonds. The van der Waals surface area contributed by atoms with E-state index in [0.29, 0.717) is 6.54 Å². The number of rotatable bonds is 6. The Labute approximate surface area is 165 Å². The zero-order valence-electron chi connectivity index (χ0n) is 15.0. The van der Waals surface area contributed by atoms with Gasteiger partial charge in [0.25, 0.3) is 5.91 Å². The number of benzene rings is 1. The first-order valence-electron chi connectivity index (χ1n) is 8.76. The van der Waals surface area contributed by atoms with E-state index >= 15 is 0 Å². The molecule has 0 radical (unpaired) electrons. The summed E-state index contributed by atoms with van der Waals surface area (Å²) in [6, 6.07) is 10.7. The molecule has 28 heavy (non-hydrogen) atoms. The first-order valence-corrected chi connectivity index (χ1v) is 9.92. The summed E-state index contributed by atoms with van der Waals surface area (Å²) < 4.78 is 40.9. The van der Waals surface area contributed by atoms with Crippen LogP contribution in [-0.4, -0.2) is 48.3 Å². The minimum atomic E-state index is -4.43. The first-order chi connectivity index (χ1) is 13.4. The van der Waals surface area contributed by atoms with Crippen LogP contribution in [0.25, 0.3) is 0 Å². The summed E-state index contributed by atoms with van der Waals surface area (Å²) in [5, 5.41) is 2.77. The molecule has 1 fully saturated rings. The van der Waals surface area contributed by atoms with Crippen LogP contribution in [0.4, 0.5) is 18.9 Å². The van der Waals surface area contributed by atoms with E-state index in [2.05, 4.69) is 19.9 Å². The van der Waals surface area contributed by atoms with Crippen molar-refractivity contribution in [3.8, 4) is 5.88 Å². The molecule has 3 rings (SSSR count). The van der Waals surface area contributed by atoms with Gasteiger partial charge in [-0.05, 0) is 23.8 Å². The lowest BCUT2D eigenvalue weighted by molar-refractivity contribution is -0.154. The summed E-state index contributed by atoms with van der Waals surface area (Å²) in [7, 11) is 0. The number of pyridine rings is 1. The summed E-state index contributed by atoms with van der Waals surface area (Å²) in [6.07, 6.45) is -3.24. The summed E-state index contributed by atoms with van der Waals surface area (Å²) in [5.74, 6) is 1.73. The molecule has 0 aliphatic carbocycles. The molecular formula is C19H20F3N3O2S. The monoisotopic (exact) mass is 411 g/mol. The number of carbonyl (C=O) groups is 1. The van der Waals surface area contributed by atoms with Gasteiger partial charge in [0.05, 0.1) is 5.56 Å². The Bertz CT molecular complexity index is 777. The van der Waals surface area contributed by atoms with E-state index in [-0.39, 0.29) is 17.4 Å². The second kappa shape index (κ2) is 9.18. The molecule has 1 aliphatic heterocycles. The fourth-order valence-electron chi connectivity index (χ4n) is 2.69. The van der Waals surface area contributed by atoms with E-state index in [1.165, 1.54) is 24.0 Å². The number of aromatic nitrogens is 1. The largest absolute Gasteiger partial charge is 0.468 e. The van der Waals surface area contributed by atoms with E-state index in [4.69, 9.17) is 0 Å². The van der Waals surface area contributed by atoms with Gasteiger partial charge in [-0.15, -0.1) is 0 Å². The highest BCUT2D eigenvalue weighted by Gasteiger charge is 2.28. The standard InChI is InChI=1S/C19H20F3N3O2S/c20-19(21,22)13-27-17-6-3-15(12-23-17)18(26)24-11-14-1-4-16(5-2-14)25-7-9-28-10-8-25/h1-6,12H,7-11,13H2,(H,24,26). The van der Waals surface area contributed by atoms with Gasteiger partial charge in [0.2, 0.25) is 5.88 Å². The van der Waals surface area contributed by atoms with Crippen molar-refractivity contribution in [2.24, 2.45) is 0 Å². The normalized spacial score (nSPS) is 14.6. The Kier molecular flexibility index (Phi) is 6.66. The minimum Gasteiger partial charge on any atom is -0.468 e. The Hall–Kier alpha value is -2.42. The van der Waals surface area contributed by atoms with E-state index in [9.17, 15) is 18.0 Å². The predicted octanol–water partition coefficient (Wildman–Crippen LogP) is 3.51. The summed E-state index contributed by atoms with van der Waals surface area (Å²) in [5.41, 5.74) is 2.39. The van der Waals surface area contributed by atoms with Crippen LogP contribution in [0.5, 0.6) is 5.88 Å². The van der Waals surface area contributed by atoms with E-state index < -0.39 is 12.8 Å². The maximum Gasteiger partial charge on any atom is 0.422 e. The lowest BCUT2D eigenvalue weighted by atomic mass is 10.2. The smallest absolute Gasteiger partial charge is 0.422 e. The van der Waals surface area contributed by atoms with Gasteiger partial charge in [0.15, 0.2) is 6.61 Å². The predicted molar refractivity (Wildman–Crippen MR) is 103 cm³/mol. The number of ether oxygens (including phenoxy) is 1. The maximum atomic E-state index is 12.2. The molecule has 0 unspecified atom stereocenters. The SMILES string of the molecule is O=C(NCc1ccc(N2CCSCC2)cc1)c1ccc(OCC(F)(F)F)nc1. The van der Waals surface area contributed by atoms with Crippen molar-refractivity contribution in [2.45, 2.75) is 12.7 Å². The summed E-state index contributed by atoms with van der Waals surface area (Å²) in [4.78, 5) is 18.2. The van der Waals surface area contributed by atoms with Crippen molar-refractivity contribution in [2.75, 3.05) is 36.1 Å². The molecule has 2 heterocycles. The number of halogens is 3. The molecule has 0 atom stereocenters. The third kappa shape index (κ3) is 6.05. The quantitative estimate of drug-likeness (QED) is 0.789. The van der Waals surface area contributed by atoms with Crippen LogP contribution in [0.1, 0.15) is 15.9 Å². The van der Waals surface area contributed by atoms with Crippen molar-refractivity contribution in [1.29, 1.82) is 0 Å². The minimum absolute atomic E-state index is 0.180. The topological polar surface area (TPSA) is 54.5 Å². The average molecular weight is 411 g/mol. The highest BCUT2D eigenvalue weighted by atomic mass is 32.2. The number of anilines is 1. The molecule has 5 nitrogen and oxygen atoms in total. The number of nitrogens with one attached hydrogen (secondary N) is 1. The Morgan fingerprint density at radius 3 is 2.46 bits per heavy atom. The van der Waals surface area contributed by atoms with Gasteiger partial charge in [-0.25, -0.2) is 4.98 Å². The van der Waals surface area contributed by atoms with Gasteiger partial charge < -0.3 is 15.0 Å². The molecule has 0 saturated carbocycles. The molecule has 2 aromatic rings. The fraction of sp³-hybridized carbons (Fsp3) is 0.368. The third-order valence-corrected chi connectivity index (χ3v) is 5.09. The van der Waals surface area contributed by atoms with Crippen molar-refractivity contribution in [1.82, 2.24) is 10.3 Å². The second-order valence-electron chi connectivity index (χ2n) is 6.24. The molecule has 1 aliphatic rings. The average Bonchev–Trinajstić information content (AvgIpc) is 2.71. The lowest BCUT2D eigenvalue weighted by Crippen LogP contribution is -2.32. The zero-order valence-corrected chi connectivity index (χ0v) is 15.9. The van der Waals surface area contributed by atoms with Gasteiger partial charge >= 0.3 is 6.18 Å². The zero-order chi connectivity index (χ0) is 20.0. The van der Waals surface area contributed by atoms with Crippen molar-refractivity contribution >= 4 is 23.4 Å². The number of nitrogens with zero attached hydrogens (tertiary/aromatic N) is 2. The number of amides is 1. The van der Waals surface area contributed by atoms with E-state index in [1.807, 2.05) is 36.0 Å². The fourth-order valence-corrected chi connectivity index (χ4v) is 3.59. The molecule has 9 heteroatoms. The summed E-state index contributed by atoms with van der Waals surface area (Å²) in [6.45, 7) is 1.01. The molecule has 1 aromatic heterocycles. The number of thioether (sulfide) groups is 1. The highest BCUT2D eigenvalue weighted by molar-refractivity contribution is 7.99. The van der Waals surface area contributed by atoms with Gasteiger partial charge in [0, 0.05) is 49.1 Å². The van der Waals surface area contributed by atoms with Crippen LogP contribution in [0.15, 0.2) is 42.6 Å². The van der Waals surface area contributed by atoms with Gasteiger partial charge in [-0.3, -0.25) is 4.79 Å². The van der Waals surface area contributed by atoms with Crippen LogP contribution in [0.2, 0.25) is 0 Å². The molecule has 0 bridgehead atoms. The van der Waals surface area contributed by atoms with Crippen LogP contribution < -0.4 is 15.0 Å². The van der Waals surface area contributed by atoms with Crippen LogP contribution >= 0.6 is 11.8 Å². The Morgan fingerprint density at radius 2 is 1.86 bits per heavy atom. The molecule has 0 spiro atoms. The number of alkyl halides is 3. The lowest BCUT2D eigenvalue weighted by Gasteiger charge is -2.28. The molecule has 1 N–H and O–H groups in total. The molecule has 1 saturated heterocycles. The van der Waals surface area contributed by atoms with Gasteiger partial charge in [-0.2, -0.15) is 24.9 Å². The molecule has 1 aromatic carbocycles. The van der Waals surface area contributed by atoms with Crippen molar-refractivity contribution in [3.63, 3.8) is 0 Å². The number of carbonyl (C=O) groups excluding carboxylic acids is 1. The third-order valence-electron chi connectivity index (χ3n) is 4.15. The highest BCUT2D eigenvalue weighted by Crippen LogP contribution is 2.20. The van der Waals surface area contributed by atoms with E-state index in [1.54, 1.807) is 0 Å².